The van der Waals surface area contributed by atoms with Gasteiger partial charge in [-0.15, -0.1) is 0 Å². The Morgan fingerprint density at radius 1 is 1.08 bits per heavy atom. The summed E-state index contributed by atoms with van der Waals surface area (Å²) in [6.45, 7) is 10.2. The van der Waals surface area contributed by atoms with Gasteiger partial charge in [0.2, 0.25) is 0 Å². The van der Waals surface area contributed by atoms with Crippen molar-refractivity contribution < 1.29 is 4.74 Å². The molecule has 3 nitrogen and oxygen atoms in total. The monoisotopic (exact) mass is 468 g/mol. The van der Waals surface area contributed by atoms with Crippen molar-refractivity contribution in [3.8, 4) is 0 Å². The molecule has 0 amide bonds. The predicted molar refractivity (Wildman–Crippen MR) is 112 cm³/mol. The Morgan fingerprint density at radius 3 is 2.19 bits per heavy atom. The summed E-state index contributed by atoms with van der Waals surface area (Å²) in [5.41, 5.74) is 1.41. The van der Waals surface area contributed by atoms with Crippen molar-refractivity contribution in [3.63, 3.8) is 0 Å². The van der Waals surface area contributed by atoms with E-state index >= 15 is 0 Å². The number of aromatic nitrogens is 2. The maximum atomic E-state index is 6.02. The van der Waals surface area contributed by atoms with Crippen LogP contribution in [-0.2, 0) is 4.74 Å². The first-order valence-electron chi connectivity index (χ1n) is 11.1. The molecule has 1 saturated heterocycles. The average molecular weight is 467 g/mol. The molecule has 0 aliphatic carbocycles. The summed E-state index contributed by atoms with van der Waals surface area (Å²) in [5, 5.41) is 0. The van der Waals surface area contributed by atoms with Gasteiger partial charge in [-0.1, -0.05) is 0 Å². The molecule has 0 saturated carbocycles. The number of unbranched alkanes of at least 4 members (excludes halogenated alkanes) is 3. The van der Waals surface area contributed by atoms with Crippen molar-refractivity contribution >= 4 is 24.9 Å². The summed E-state index contributed by atoms with van der Waals surface area (Å²) in [6.07, 6.45) is 18.4. The van der Waals surface area contributed by atoms with E-state index in [2.05, 4.69) is 38.6 Å². The Bertz CT molecular complexity index is 486. The van der Waals surface area contributed by atoms with Crippen LogP contribution in [0.25, 0.3) is 0 Å². The number of hydrogen-bond donors (Lipinski definition) is 0. The SMILES string of the molecule is CCCC[C](CCCC)(CCCC)[Sn][c]1ncn(C2CCCCO2)c1C. The van der Waals surface area contributed by atoms with Gasteiger partial charge in [0.15, 0.2) is 0 Å². The molecule has 1 atom stereocenters. The topological polar surface area (TPSA) is 27.1 Å². The van der Waals surface area contributed by atoms with Gasteiger partial charge in [-0.3, -0.25) is 0 Å². The number of rotatable bonds is 12. The number of imidazole rings is 1. The van der Waals surface area contributed by atoms with Crippen LogP contribution in [0, 0.1) is 6.92 Å². The third-order valence-corrected chi connectivity index (χ3v) is 11.6. The zero-order valence-corrected chi connectivity index (χ0v) is 20.5. The van der Waals surface area contributed by atoms with Crippen LogP contribution < -0.4 is 3.71 Å². The summed E-state index contributed by atoms with van der Waals surface area (Å²) in [5.74, 6) is 0. The van der Waals surface area contributed by atoms with E-state index in [9.17, 15) is 0 Å². The van der Waals surface area contributed by atoms with E-state index in [0.29, 0.717) is 3.43 Å². The second-order valence-electron chi connectivity index (χ2n) is 8.12. The molecule has 2 radical (unpaired) electrons. The van der Waals surface area contributed by atoms with Crippen LogP contribution >= 0.6 is 0 Å². The Hall–Kier alpha value is -0.0313. The predicted octanol–water partition coefficient (Wildman–Crippen LogP) is 5.95. The molecule has 4 heteroatoms. The van der Waals surface area contributed by atoms with E-state index in [4.69, 9.17) is 9.72 Å². The third-order valence-electron chi connectivity index (χ3n) is 5.92. The second kappa shape index (κ2) is 11.7. The molecule has 1 aromatic heterocycles. The normalized spacial score (nSPS) is 18.4. The first-order chi connectivity index (χ1) is 12.7. The van der Waals surface area contributed by atoms with Gasteiger partial charge >= 0.3 is 172 Å². The van der Waals surface area contributed by atoms with Crippen LogP contribution in [0.3, 0.4) is 0 Å². The van der Waals surface area contributed by atoms with E-state index in [0.717, 1.165) is 13.0 Å². The van der Waals surface area contributed by atoms with E-state index in [1.54, 1.807) is 0 Å². The first-order valence-corrected chi connectivity index (χ1v) is 13.9. The minimum absolute atomic E-state index is 0.237. The van der Waals surface area contributed by atoms with Crippen molar-refractivity contribution in [1.29, 1.82) is 0 Å². The molecule has 0 aromatic carbocycles. The van der Waals surface area contributed by atoms with E-state index in [-0.39, 0.29) is 6.23 Å². The summed E-state index contributed by atoms with van der Waals surface area (Å²) >= 11 is -0.743. The molecule has 2 heterocycles. The van der Waals surface area contributed by atoms with Crippen molar-refractivity contribution in [3.05, 3.63) is 12.0 Å². The minimum atomic E-state index is -0.743. The van der Waals surface area contributed by atoms with Gasteiger partial charge in [0.05, 0.1) is 0 Å². The second-order valence-corrected chi connectivity index (χ2v) is 13.2. The quantitative estimate of drug-likeness (QED) is 0.356. The van der Waals surface area contributed by atoms with Crippen LogP contribution in [0.5, 0.6) is 0 Å². The van der Waals surface area contributed by atoms with Crippen molar-refractivity contribution in [1.82, 2.24) is 9.55 Å². The van der Waals surface area contributed by atoms with Gasteiger partial charge in [-0.25, -0.2) is 0 Å². The maximum absolute atomic E-state index is 6.02. The van der Waals surface area contributed by atoms with Crippen LogP contribution in [0.1, 0.15) is 110 Å². The summed E-state index contributed by atoms with van der Waals surface area (Å²) in [7, 11) is 0. The molecule has 1 aliphatic rings. The first kappa shape index (κ1) is 22.3. The van der Waals surface area contributed by atoms with Crippen LogP contribution in [-0.4, -0.2) is 37.3 Å². The molecule has 1 fully saturated rings. The molecule has 26 heavy (non-hydrogen) atoms. The molecule has 1 aromatic rings. The molecule has 1 unspecified atom stereocenters. The van der Waals surface area contributed by atoms with Gasteiger partial charge in [-0.2, -0.15) is 0 Å². The van der Waals surface area contributed by atoms with Gasteiger partial charge in [0.25, 0.3) is 0 Å². The fourth-order valence-corrected chi connectivity index (χ4v) is 9.39. The van der Waals surface area contributed by atoms with Crippen molar-refractivity contribution in [2.24, 2.45) is 0 Å². The van der Waals surface area contributed by atoms with Gasteiger partial charge in [-0.05, 0) is 0 Å². The molecular formula is C22H40N2OSn. The Morgan fingerprint density at radius 2 is 1.69 bits per heavy atom. The molecule has 2 rings (SSSR count). The van der Waals surface area contributed by atoms with E-state index < -0.39 is 21.1 Å². The van der Waals surface area contributed by atoms with Gasteiger partial charge in [0, 0.05) is 0 Å². The van der Waals surface area contributed by atoms with Gasteiger partial charge < -0.3 is 0 Å². The molecule has 148 valence electrons. The summed E-state index contributed by atoms with van der Waals surface area (Å²) < 4.78 is 10.5. The molecule has 0 spiro atoms. The zero-order valence-electron chi connectivity index (χ0n) is 17.6. The van der Waals surface area contributed by atoms with Crippen LogP contribution in [0.15, 0.2) is 6.33 Å². The van der Waals surface area contributed by atoms with E-state index in [1.807, 2.05) is 0 Å². The summed E-state index contributed by atoms with van der Waals surface area (Å²) in [6, 6.07) is 0. The average Bonchev–Trinajstić information content (AvgIpc) is 3.03. The zero-order chi connectivity index (χ0) is 18.8. The number of ether oxygens (including phenoxy) is 1. The van der Waals surface area contributed by atoms with Crippen molar-refractivity contribution in [2.75, 3.05) is 6.61 Å². The van der Waals surface area contributed by atoms with Crippen LogP contribution in [0.2, 0.25) is 3.43 Å². The Balaban J connectivity index is 2.18. The molecule has 0 bridgehead atoms. The van der Waals surface area contributed by atoms with Crippen molar-refractivity contribution in [2.45, 2.75) is 114 Å². The van der Waals surface area contributed by atoms with E-state index in [1.165, 1.54) is 80.0 Å². The molecule has 1 aliphatic heterocycles. The fraction of sp³-hybridized carbons (Fsp3) is 0.864. The van der Waals surface area contributed by atoms with Gasteiger partial charge in [0.1, 0.15) is 0 Å². The Labute approximate surface area is 171 Å². The fourth-order valence-electron chi connectivity index (χ4n) is 4.14. The third kappa shape index (κ3) is 6.25. The van der Waals surface area contributed by atoms with Crippen LogP contribution in [0.4, 0.5) is 0 Å². The Kier molecular flexibility index (Phi) is 10.0. The molecular weight excluding hydrogens is 427 g/mol. The molecule has 0 N–H and O–H groups in total. The number of hydrogen-bond acceptors (Lipinski definition) is 2. The summed E-state index contributed by atoms with van der Waals surface area (Å²) in [4.78, 5) is 4.96. The standard InChI is InChI=1S/C13H27.C9H13N2O.Sn/c1-4-7-10-13(11-8-5-2)12-9-6-3;1-8-6-10-7-11(8)9-4-2-3-5-12-9;/h4-12H2,1-3H3;7,9H,2-5H2,1H3;. The number of nitrogens with zero attached hydrogens (tertiary/aromatic N) is 2.